The average molecular weight is 154 g/mol. The van der Waals surface area contributed by atoms with Gasteiger partial charge in [-0.1, -0.05) is 6.42 Å². The van der Waals surface area contributed by atoms with E-state index in [0.29, 0.717) is 0 Å². The minimum atomic E-state index is 0.962. The van der Waals surface area contributed by atoms with Gasteiger partial charge in [0, 0.05) is 32.2 Å². The topological polar surface area (TPSA) is 6.48 Å². The molecule has 1 heterocycles. The van der Waals surface area contributed by atoms with Crippen molar-refractivity contribution in [2.45, 2.75) is 25.3 Å². The van der Waals surface area contributed by atoms with Crippen LogP contribution in [0.5, 0.6) is 0 Å². The first kappa shape index (κ1) is 7.56. The van der Waals surface area contributed by atoms with Gasteiger partial charge in [0.2, 0.25) is 0 Å². The van der Waals surface area contributed by atoms with Gasteiger partial charge in [-0.3, -0.25) is 4.90 Å². The Bertz CT molecular complexity index is 124. The molecule has 11 heavy (non-hydrogen) atoms. The summed E-state index contributed by atoms with van der Waals surface area (Å²) >= 11 is 0. The lowest BCUT2D eigenvalue weighted by Crippen LogP contribution is -2.51. The number of hydrogen-bond donors (Lipinski definition) is 0. The Labute approximate surface area is 69.2 Å². The maximum atomic E-state index is 2.67. The summed E-state index contributed by atoms with van der Waals surface area (Å²) in [6.07, 6.45) is 4.39. The highest BCUT2D eigenvalue weighted by atomic mass is 15.3. The molecule has 0 radical (unpaired) electrons. The molecule has 2 heteroatoms. The molecule has 64 valence electrons. The molecule has 2 nitrogen and oxygen atoms in total. The highest BCUT2D eigenvalue weighted by Crippen LogP contribution is 2.25. The fourth-order valence-electron chi connectivity index (χ4n) is 1.94. The van der Waals surface area contributed by atoms with E-state index >= 15 is 0 Å². The standard InChI is InChI=1S/C9H18N2/c1-10-5-7-11(8-6-10)9-3-2-4-9/h9H,2-8H2,1H3. The Kier molecular flexibility index (Phi) is 2.14. The summed E-state index contributed by atoms with van der Waals surface area (Å²) in [4.78, 5) is 5.10. The third-order valence-electron chi connectivity index (χ3n) is 3.13. The Morgan fingerprint density at radius 3 is 2.09 bits per heavy atom. The normalized spacial score (nSPS) is 30.3. The van der Waals surface area contributed by atoms with E-state index in [1.165, 1.54) is 45.4 Å². The zero-order valence-electron chi connectivity index (χ0n) is 7.42. The van der Waals surface area contributed by atoms with Gasteiger partial charge in [-0.15, -0.1) is 0 Å². The molecule has 1 saturated heterocycles. The van der Waals surface area contributed by atoms with E-state index in [4.69, 9.17) is 0 Å². The SMILES string of the molecule is CN1CCN(C2CCC2)CC1. The average Bonchev–Trinajstić information content (AvgIpc) is 1.90. The maximum Gasteiger partial charge on any atom is 0.0113 e. The van der Waals surface area contributed by atoms with E-state index in [0.717, 1.165) is 6.04 Å². The summed E-state index contributed by atoms with van der Waals surface area (Å²) < 4.78 is 0. The van der Waals surface area contributed by atoms with E-state index in [1.807, 2.05) is 0 Å². The van der Waals surface area contributed by atoms with E-state index in [-0.39, 0.29) is 0 Å². The summed E-state index contributed by atoms with van der Waals surface area (Å²) in [5.74, 6) is 0. The van der Waals surface area contributed by atoms with Gasteiger partial charge in [-0.05, 0) is 19.9 Å². The van der Waals surface area contributed by atoms with Crippen molar-refractivity contribution in [3.05, 3.63) is 0 Å². The second kappa shape index (κ2) is 3.11. The van der Waals surface area contributed by atoms with Gasteiger partial charge in [0.1, 0.15) is 0 Å². The fraction of sp³-hybridized carbons (Fsp3) is 1.00. The molecule has 0 spiro atoms. The maximum absolute atomic E-state index is 2.67. The number of hydrogen-bond acceptors (Lipinski definition) is 2. The van der Waals surface area contributed by atoms with E-state index in [9.17, 15) is 0 Å². The van der Waals surface area contributed by atoms with Crippen LogP contribution >= 0.6 is 0 Å². The number of nitrogens with zero attached hydrogens (tertiary/aromatic N) is 2. The van der Waals surface area contributed by atoms with Crippen LogP contribution in [0.25, 0.3) is 0 Å². The number of piperazine rings is 1. The summed E-state index contributed by atoms with van der Waals surface area (Å²) in [6.45, 7) is 5.16. The molecular weight excluding hydrogens is 136 g/mol. The smallest absolute Gasteiger partial charge is 0.0113 e. The zero-order valence-corrected chi connectivity index (χ0v) is 7.42. The first-order valence-corrected chi connectivity index (χ1v) is 4.79. The van der Waals surface area contributed by atoms with Crippen molar-refractivity contribution < 1.29 is 0 Å². The lowest BCUT2D eigenvalue weighted by molar-refractivity contribution is 0.0721. The van der Waals surface area contributed by atoms with Gasteiger partial charge in [0.25, 0.3) is 0 Å². The monoisotopic (exact) mass is 154 g/mol. The van der Waals surface area contributed by atoms with Crippen LogP contribution in [0.4, 0.5) is 0 Å². The van der Waals surface area contributed by atoms with Crippen molar-refractivity contribution in [2.24, 2.45) is 0 Å². The van der Waals surface area contributed by atoms with Gasteiger partial charge in [0.05, 0.1) is 0 Å². The highest BCUT2D eigenvalue weighted by Gasteiger charge is 2.26. The largest absolute Gasteiger partial charge is 0.304 e. The third-order valence-corrected chi connectivity index (χ3v) is 3.13. The Morgan fingerprint density at radius 2 is 1.64 bits per heavy atom. The summed E-state index contributed by atoms with van der Waals surface area (Å²) in [7, 11) is 2.22. The van der Waals surface area contributed by atoms with Crippen molar-refractivity contribution >= 4 is 0 Å². The number of rotatable bonds is 1. The molecule has 2 rings (SSSR count). The number of likely N-dealkylation sites (N-methyl/N-ethyl adjacent to an activating group) is 1. The molecule has 0 bridgehead atoms. The van der Waals surface area contributed by atoms with Gasteiger partial charge in [-0.2, -0.15) is 0 Å². The van der Waals surface area contributed by atoms with Gasteiger partial charge >= 0.3 is 0 Å². The summed E-state index contributed by atoms with van der Waals surface area (Å²) in [5.41, 5.74) is 0. The molecular formula is C9H18N2. The molecule has 1 aliphatic carbocycles. The van der Waals surface area contributed by atoms with Crippen molar-refractivity contribution in [1.82, 2.24) is 9.80 Å². The Hall–Kier alpha value is -0.0800. The van der Waals surface area contributed by atoms with Crippen LogP contribution in [-0.4, -0.2) is 49.1 Å². The quantitative estimate of drug-likeness (QED) is 0.551. The summed E-state index contributed by atoms with van der Waals surface area (Å²) in [6, 6.07) is 0.962. The molecule has 0 aromatic heterocycles. The Balaban J connectivity index is 1.77. The third kappa shape index (κ3) is 1.57. The van der Waals surface area contributed by atoms with E-state index < -0.39 is 0 Å². The first-order valence-electron chi connectivity index (χ1n) is 4.79. The van der Waals surface area contributed by atoms with Gasteiger partial charge in [-0.25, -0.2) is 0 Å². The molecule has 0 amide bonds. The van der Waals surface area contributed by atoms with Crippen LogP contribution in [0.1, 0.15) is 19.3 Å². The zero-order chi connectivity index (χ0) is 7.68. The molecule has 0 unspecified atom stereocenters. The lowest BCUT2D eigenvalue weighted by atomic mass is 9.91. The van der Waals surface area contributed by atoms with Crippen molar-refractivity contribution in [1.29, 1.82) is 0 Å². The summed E-state index contributed by atoms with van der Waals surface area (Å²) in [5, 5.41) is 0. The van der Waals surface area contributed by atoms with Crippen molar-refractivity contribution in [3.63, 3.8) is 0 Å². The van der Waals surface area contributed by atoms with Gasteiger partial charge < -0.3 is 4.90 Å². The van der Waals surface area contributed by atoms with E-state index in [1.54, 1.807) is 0 Å². The molecule has 1 aliphatic heterocycles. The van der Waals surface area contributed by atoms with Crippen LogP contribution in [0.2, 0.25) is 0 Å². The predicted octanol–water partition coefficient (Wildman–Crippen LogP) is 0.786. The second-order valence-corrected chi connectivity index (χ2v) is 3.92. The van der Waals surface area contributed by atoms with Gasteiger partial charge in [0.15, 0.2) is 0 Å². The fourth-order valence-corrected chi connectivity index (χ4v) is 1.94. The minimum Gasteiger partial charge on any atom is -0.304 e. The molecule has 0 N–H and O–H groups in total. The second-order valence-electron chi connectivity index (χ2n) is 3.92. The first-order chi connectivity index (χ1) is 5.36. The predicted molar refractivity (Wildman–Crippen MR) is 46.7 cm³/mol. The molecule has 0 aromatic carbocycles. The van der Waals surface area contributed by atoms with Crippen LogP contribution in [0.15, 0.2) is 0 Å². The molecule has 0 atom stereocenters. The van der Waals surface area contributed by atoms with Crippen LogP contribution in [0, 0.1) is 0 Å². The van der Waals surface area contributed by atoms with Crippen LogP contribution < -0.4 is 0 Å². The molecule has 1 saturated carbocycles. The van der Waals surface area contributed by atoms with Crippen LogP contribution in [0.3, 0.4) is 0 Å². The van der Waals surface area contributed by atoms with E-state index in [2.05, 4.69) is 16.8 Å². The Morgan fingerprint density at radius 1 is 1.00 bits per heavy atom. The van der Waals surface area contributed by atoms with Crippen molar-refractivity contribution in [2.75, 3.05) is 33.2 Å². The minimum absolute atomic E-state index is 0.962. The lowest BCUT2D eigenvalue weighted by Gasteiger charge is -2.42. The molecule has 2 aliphatic rings. The molecule has 2 fully saturated rings. The van der Waals surface area contributed by atoms with Crippen molar-refractivity contribution in [3.8, 4) is 0 Å². The van der Waals surface area contributed by atoms with Crippen LogP contribution in [-0.2, 0) is 0 Å². The highest BCUT2D eigenvalue weighted by molar-refractivity contribution is 4.82. The molecule has 0 aromatic rings.